The summed E-state index contributed by atoms with van der Waals surface area (Å²) in [4.78, 5) is 11.6. The summed E-state index contributed by atoms with van der Waals surface area (Å²) in [6.07, 6.45) is 1.86. The molecule has 0 saturated heterocycles. The first-order valence-corrected chi connectivity index (χ1v) is 7.64. The van der Waals surface area contributed by atoms with Crippen LogP contribution in [0.15, 0.2) is 39.4 Å². The number of hydrogen-bond acceptors (Lipinski definition) is 5. The Bertz CT molecular complexity index is 629. The van der Waals surface area contributed by atoms with Crippen LogP contribution < -0.4 is 10.6 Å². The molecule has 1 aliphatic heterocycles. The minimum absolute atomic E-state index is 0.112. The van der Waals surface area contributed by atoms with Crippen LogP contribution in [-0.4, -0.2) is 17.5 Å². The number of guanidine groups is 1. The Balaban J connectivity index is 2.00. The first kappa shape index (κ1) is 12.9. The molecule has 7 heteroatoms. The van der Waals surface area contributed by atoms with Crippen molar-refractivity contribution in [3.8, 4) is 0 Å². The van der Waals surface area contributed by atoms with E-state index in [1.54, 1.807) is 11.3 Å². The molecular weight excluding hydrogens is 348 g/mol. The molecule has 3 rings (SSSR count). The topological polar surface area (TPSA) is 54.5 Å². The predicted octanol–water partition coefficient (Wildman–Crippen LogP) is 3.44. The van der Waals surface area contributed by atoms with Gasteiger partial charge in [0.25, 0.3) is 0 Å². The molecule has 98 valence electrons. The third-order valence-electron chi connectivity index (χ3n) is 2.95. The lowest BCUT2D eigenvalue weighted by Gasteiger charge is -2.25. The van der Waals surface area contributed by atoms with E-state index in [2.05, 4.69) is 25.9 Å². The maximum atomic E-state index is 6.02. The predicted molar refractivity (Wildman–Crippen MR) is 83.0 cm³/mol. The fourth-order valence-corrected chi connectivity index (χ4v) is 3.24. The monoisotopic (exact) mass is 356 g/mol. The Hall–Kier alpha value is -1.11. The number of halogens is 2. The van der Waals surface area contributed by atoms with Gasteiger partial charge in [-0.05, 0) is 34.1 Å². The second kappa shape index (κ2) is 5.11. The van der Waals surface area contributed by atoms with E-state index >= 15 is 0 Å². The minimum atomic E-state index is 0.112. The molecule has 1 aliphatic rings. The zero-order valence-electron chi connectivity index (χ0n) is 9.75. The second-order valence-corrected chi connectivity index (χ2v) is 6.27. The molecule has 1 aromatic carbocycles. The first-order chi connectivity index (χ1) is 9.16. The van der Waals surface area contributed by atoms with Crippen LogP contribution in [0.25, 0.3) is 0 Å². The van der Waals surface area contributed by atoms with Gasteiger partial charge in [0.05, 0.1) is 23.1 Å². The summed E-state index contributed by atoms with van der Waals surface area (Å²) >= 11 is 11.1. The molecule has 2 aromatic rings. The number of nitrogens with zero attached hydrogens (tertiary/aromatic N) is 3. The van der Waals surface area contributed by atoms with Crippen LogP contribution in [0.4, 0.5) is 5.69 Å². The van der Waals surface area contributed by atoms with Crippen molar-refractivity contribution in [3.63, 3.8) is 0 Å². The van der Waals surface area contributed by atoms with E-state index in [0.717, 1.165) is 15.0 Å². The van der Waals surface area contributed by atoms with Crippen LogP contribution in [0.5, 0.6) is 0 Å². The summed E-state index contributed by atoms with van der Waals surface area (Å²) in [5, 5.41) is 0.674. The number of thiazole rings is 1. The molecule has 19 heavy (non-hydrogen) atoms. The molecule has 0 aliphatic carbocycles. The molecule has 2 N–H and O–H groups in total. The van der Waals surface area contributed by atoms with E-state index in [0.29, 0.717) is 17.5 Å². The standard InChI is InChI=1S/C12H10BrClN4S/c13-8-3-7(1-2-9(8)14)18-10(4-17-12(18)15)11-5-16-6-19-11/h1-3,5-6,10H,4H2,(H2,15,17). The molecule has 1 unspecified atom stereocenters. The number of rotatable bonds is 2. The van der Waals surface area contributed by atoms with E-state index in [-0.39, 0.29) is 6.04 Å². The SMILES string of the molecule is NC1=NCC(c2cncs2)N1c1ccc(Cl)c(Br)c1. The highest BCUT2D eigenvalue weighted by molar-refractivity contribution is 9.10. The average Bonchev–Trinajstić information content (AvgIpc) is 3.01. The van der Waals surface area contributed by atoms with Crippen LogP contribution >= 0.6 is 38.9 Å². The fourth-order valence-electron chi connectivity index (χ4n) is 2.05. The second-order valence-electron chi connectivity index (χ2n) is 4.09. The Labute approximate surface area is 128 Å². The van der Waals surface area contributed by atoms with Crippen LogP contribution in [-0.2, 0) is 0 Å². The molecule has 0 radical (unpaired) electrons. The van der Waals surface area contributed by atoms with Gasteiger partial charge in [0, 0.05) is 21.2 Å². The van der Waals surface area contributed by atoms with Crippen molar-refractivity contribution in [2.45, 2.75) is 6.04 Å². The molecule has 4 nitrogen and oxygen atoms in total. The highest BCUT2D eigenvalue weighted by Crippen LogP contribution is 2.35. The quantitative estimate of drug-likeness (QED) is 0.896. The van der Waals surface area contributed by atoms with E-state index in [9.17, 15) is 0 Å². The lowest BCUT2D eigenvalue weighted by molar-refractivity contribution is 0.782. The third-order valence-corrected chi connectivity index (χ3v) is 5.04. The summed E-state index contributed by atoms with van der Waals surface area (Å²) in [7, 11) is 0. The summed E-state index contributed by atoms with van der Waals surface area (Å²) < 4.78 is 0.842. The summed E-state index contributed by atoms with van der Waals surface area (Å²) in [5.41, 5.74) is 8.79. The fraction of sp³-hybridized carbons (Fsp3) is 0.167. The third kappa shape index (κ3) is 2.35. The highest BCUT2D eigenvalue weighted by atomic mass is 79.9. The molecule has 1 atom stereocenters. The van der Waals surface area contributed by atoms with Gasteiger partial charge < -0.3 is 10.6 Å². The number of nitrogens with two attached hydrogens (primary N) is 1. The van der Waals surface area contributed by atoms with Gasteiger partial charge in [0.1, 0.15) is 0 Å². The maximum absolute atomic E-state index is 6.02. The number of hydrogen-bond donors (Lipinski definition) is 1. The molecule has 2 heterocycles. The van der Waals surface area contributed by atoms with Crippen molar-refractivity contribution >= 4 is 50.5 Å². The van der Waals surface area contributed by atoms with Crippen LogP contribution in [0.2, 0.25) is 5.02 Å². The van der Waals surface area contributed by atoms with Gasteiger partial charge >= 0.3 is 0 Å². The normalized spacial score (nSPS) is 18.7. The molecule has 0 fully saturated rings. The zero-order chi connectivity index (χ0) is 13.4. The molecule has 0 amide bonds. The zero-order valence-corrected chi connectivity index (χ0v) is 12.9. The van der Waals surface area contributed by atoms with Crippen LogP contribution in [0.1, 0.15) is 10.9 Å². The smallest absolute Gasteiger partial charge is 0.196 e. The number of benzene rings is 1. The van der Waals surface area contributed by atoms with E-state index in [1.165, 1.54) is 0 Å². The van der Waals surface area contributed by atoms with E-state index in [4.69, 9.17) is 17.3 Å². The molecule has 0 saturated carbocycles. The number of aliphatic imine (C=N–C) groups is 1. The van der Waals surface area contributed by atoms with Gasteiger partial charge in [0.15, 0.2) is 5.96 Å². The molecular formula is C12H10BrClN4S. The van der Waals surface area contributed by atoms with Gasteiger partial charge in [0.2, 0.25) is 0 Å². The van der Waals surface area contributed by atoms with Gasteiger partial charge in [-0.25, -0.2) is 0 Å². The highest BCUT2D eigenvalue weighted by Gasteiger charge is 2.30. The van der Waals surface area contributed by atoms with Crippen molar-refractivity contribution in [2.24, 2.45) is 10.7 Å². The van der Waals surface area contributed by atoms with Gasteiger partial charge in [-0.3, -0.25) is 9.98 Å². The summed E-state index contributed by atoms with van der Waals surface area (Å²) in [5.74, 6) is 0.521. The van der Waals surface area contributed by atoms with Gasteiger partial charge in [-0.2, -0.15) is 0 Å². The van der Waals surface area contributed by atoms with Crippen molar-refractivity contribution in [1.82, 2.24) is 4.98 Å². The largest absolute Gasteiger partial charge is 0.369 e. The first-order valence-electron chi connectivity index (χ1n) is 5.59. The van der Waals surface area contributed by atoms with Gasteiger partial charge in [-0.1, -0.05) is 11.6 Å². The van der Waals surface area contributed by atoms with E-state index in [1.807, 2.05) is 34.8 Å². The minimum Gasteiger partial charge on any atom is -0.369 e. The molecule has 1 aromatic heterocycles. The Morgan fingerprint density at radius 1 is 1.47 bits per heavy atom. The van der Waals surface area contributed by atoms with Crippen molar-refractivity contribution in [2.75, 3.05) is 11.4 Å². The lowest BCUT2D eigenvalue weighted by Crippen LogP contribution is -2.35. The Morgan fingerprint density at radius 3 is 3.00 bits per heavy atom. The van der Waals surface area contributed by atoms with Crippen LogP contribution in [0, 0.1) is 0 Å². The van der Waals surface area contributed by atoms with Crippen molar-refractivity contribution in [3.05, 3.63) is 44.3 Å². The molecule has 0 bridgehead atoms. The summed E-state index contributed by atoms with van der Waals surface area (Å²) in [6.45, 7) is 0.647. The Kier molecular flexibility index (Phi) is 3.47. The summed E-state index contributed by atoms with van der Waals surface area (Å²) in [6, 6.07) is 5.84. The van der Waals surface area contributed by atoms with Gasteiger partial charge in [-0.15, -0.1) is 11.3 Å². The van der Waals surface area contributed by atoms with E-state index < -0.39 is 0 Å². The lowest BCUT2D eigenvalue weighted by atomic mass is 10.2. The van der Waals surface area contributed by atoms with Crippen molar-refractivity contribution in [1.29, 1.82) is 0 Å². The molecule has 0 spiro atoms. The van der Waals surface area contributed by atoms with Crippen LogP contribution in [0.3, 0.4) is 0 Å². The Morgan fingerprint density at radius 2 is 2.32 bits per heavy atom. The van der Waals surface area contributed by atoms with Crippen molar-refractivity contribution < 1.29 is 0 Å². The average molecular weight is 358 g/mol. The maximum Gasteiger partial charge on any atom is 0.196 e. The number of aromatic nitrogens is 1. The number of anilines is 1.